The van der Waals surface area contributed by atoms with Crippen molar-refractivity contribution in [3.8, 4) is 0 Å². The third-order valence-electron chi connectivity index (χ3n) is 3.93. The van der Waals surface area contributed by atoms with Crippen molar-refractivity contribution in [3.05, 3.63) is 58.9 Å². The Morgan fingerprint density at radius 2 is 1.81 bits per heavy atom. The minimum absolute atomic E-state index is 0.169. The summed E-state index contributed by atoms with van der Waals surface area (Å²) in [6.07, 6.45) is 2.30. The number of imidazole rings is 1. The summed E-state index contributed by atoms with van der Waals surface area (Å²) in [6, 6.07) is 10.1. The van der Waals surface area contributed by atoms with Crippen LogP contribution in [0.5, 0.6) is 0 Å². The van der Waals surface area contributed by atoms with Crippen molar-refractivity contribution in [2.75, 3.05) is 0 Å². The van der Waals surface area contributed by atoms with Crippen molar-refractivity contribution in [2.45, 2.75) is 33.0 Å². The minimum atomic E-state index is -0.642. The molecule has 3 amide bonds. The highest BCUT2D eigenvalue weighted by atomic mass is 16.3. The number of aromatic nitrogens is 2. The molecule has 26 heavy (non-hydrogen) atoms. The molecule has 0 saturated carbocycles. The molecule has 0 fully saturated rings. The van der Waals surface area contributed by atoms with Crippen molar-refractivity contribution < 1.29 is 14.0 Å². The summed E-state index contributed by atoms with van der Waals surface area (Å²) in [6.45, 7) is 2.48. The first-order valence-electron chi connectivity index (χ1n) is 8.38. The number of rotatable bonds is 6. The van der Waals surface area contributed by atoms with Crippen LogP contribution in [0.25, 0.3) is 11.0 Å². The lowest BCUT2D eigenvalue weighted by atomic mass is 10.3. The van der Waals surface area contributed by atoms with Crippen molar-refractivity contribution in [1.29, 1.82) is 0 Å². The van der Waals surface area contributed by atoms with E-state index in [0.29, 0.717) is 17.8 Å². The normalized spacial score (nSPS) is 10.8. The summed E-state index contributed by atoms with van der Waals surface area (Å²) in [4.78, 5) is 36.6. The molecule has 3 rings (SSSR count). The number of urea groups is 1. The molecule has 2 aromatic heterocycles. The summed E-state index contributed by atoms with van der Waals surface area (Å²) in [5.41, 5.74) is 1.17. The SMILES string of the molecule is CCCn1c(=O)n(CC(=O)NC(=O)NCc2ccco2)c2ccccc21. The third-order valence-corrected chi connectivity index (χ3v) is 3.93. The first-order chi connectivity index (χ1) is 12.6. The lowest BCUT2D eigenvalue weighted by Gasteiger charge is -2.06. The fourth-order valence-electron chi connectivity index (χ4n) is 2.80. The second kappa shape index (κ2) is 7.73. The lowest BCUT2D eigenvalue weighted by Crippen LogP contribution is -2.41. The number of carbonyl (C=O) groups excluding carboxylic acids is 2. The molecular weight excluding hydrogens is 336 g/mol. The summed E-state index contributed by atoms with van der Waals surface area (Å²) < 4.78 is 8.11. The molecule has 0 radical (unpaired) electrons. The van der Waals surface area contributed by atoms with Crippen molar-refractivity contribution in [3.63, 3.8) is 0 Å². The average Bonchev–Trinajstić information content (AvgIpc) is 3.23. The molecular formula is C18H20N4O4. The molecule has 0 aliphatic carbocycles. The quantitative estimate of drug-likeness (QED) is 0.704. The van der Waals surface area contributed by atoms with Crippen LogP contribution in [0.4, 0.5) is 4.79 Å². The number of nitrogens with zero attached hydrogens (tertiary/aromatic N) is 2. The molecule has 2 heterocycles. The Morgan fingerprint density at radius 3 is 2.46 bits per heavy atom. The number of carbonyl (C=O) groups is 2. The molecule has 1 aromatic carbocycles. The number of amides is 3. The highest BCUT2D eigenvalue weighted by molar-refractivity contribution is 5.94. The molecule has 8 nitrogen and oxygen atoms in total. The molecule has 0 bridgehead atoms. The number of hydrogen-bond acceptors (Lipinski definition) is 4. The van der Waals surface area contributed by atoms with E-state index in [0.717, 1.165) is 11.9 Å². The van der Waals surface area contributed by atoms with E-state index < -0.39 is 11.9 Å². The number of fused-ring (bicyclic) bond motifs is 1. The van der Waals surface area contributed by atoms with Gasteiger partial charge >= 0.3 is 11.7 Å². The van der Waals surface area contributed by atoms with Crippen LogP contribution in [0.2, 0.25) is 0 Å². The van der Waals surface area contributed by atoms with Gasteiger partial charge in [0.1, 0.15) is 12.3 Å². The number of benzene rings is 1. The van der Waals surface area contributed by atoms with Crippen LogP contribution in [-0.4, -0.2) is 21.1 Å². The van der Waals surface area contributed by atoms with Gasteiger partial charge in [-0.25, -0.2) is 9.59 Å². The van der Waals surface area contributed by atoms with E-state index in [1.807, 2.05) is 25.1 Å². The third kappa shape index (κ3) is 3.69. The maximum absolute atomic E-state index is 12.6. The molecule has 2 N–H and O–H groups in total. The fourth-order valence-corrected chi connectivity index (χ4v) is 2.80. The van der Waals surface area contributed by atoms with E-state index in [1.165, 1.54) is 10.8 Å². The molecule has 0 saturated heterocycles. The predicted octanol–water partition coefficient (Wildman–Crippen LogP) is 1.83. The van der Waals surface area contributed by atoms with Gasteiger partial charge in [-0.15, -0.1) is 0 Å². The fraction of sp³-hybridized carbons (Fsp3) is 0.278. The molecule has 0 unspecified atom stereocenters. The number of imide groups is 1. The molecule has 0 aliphatic heterocycles. The highest BCUT2D eigenvalue weighted by Crippen LogP contribution is 2.13. The van der Waals surface area contributed by atoms with Crippen LogP contribution in [0, 0.1) is 0 Å². The number of hydrogen-bond donors (Lipinski definition) is 2. The van der Waals surface area contributed by atoms with Crippen LogP contribution in [-0.2, 0) is 24.4 Å². The Bertz CT molecular complexity index is 969. The molecule has 8 heteroatoms. The van der Waals surface area contributed by atoms with Crippen LogP contribution in [0.1, 0.15) is 19.1 Å². The average molecular weight is 356 g/mol. The Kier molecular flexibility index (Phi) is 5.21. The maximum Gasteiger partial charge on any atom is 0.329 e. The molecule has 136 valence electrons. The van der Waals surface area contributed by atoms with Crippen LogP contribution in [0.15, 0.2) is 51.9 Å². The highest BCUT2D eigenvalue weighted by Gasteiger charge is 2.16. The van der Waals surface area contributed by atoms with E-state index in [2.05, 4.69) is 10.6 Å². The maximum atomic E-state index is 12.6. The first-order valence-corrected chi connectivity index (χ1v) is 8.38. The largest absolute Gasteiger partial charge is 0.467 e. The van der Waals surface area contributed by atoms with Gasteiger partial charge in [-0.1, -0.05) is 19.1 Å². The summed E-state index contributed by atoms with van der Waals surface area (Å²) in [5.74, 6) is 0.00917. The van der Waals surface area contributed by atoms with Gasteiger partial charge in [0.15, 0.2) is 0 Å². The van der Waals surface area contributed by atoms with E-state index in [-0.39, 0.29) is 18.8 Å². The Labute approximate surface area is 149 Å². The van der Waals surface area contributed by atoms with E-state index >= 15 is 0 Å². The van der Waals surface area contributed by atoms with Gasteiger partial charge in [0, 0.05) is 6.54 Å². The number of aryl methyl sites for hydroxylation is 1. The van der Waals surface area contributed by atoms with Crippen molar-refractivity contribution >= 4 is 23.0 Å². The summed E-state index contributed by atoms with van der Waals surface area (Å²) >= 11 is 0. The zero-order valence-corrected chi connectivity index (χ0v) is 14.4. The van der Waals surface area contributed by atoms with Gasteiger partial charge in [-0.2, -0.15) is 0 Å². The van der Waals surface area contributed by atoms with Crippen LogP contribution in [0.3, 0.4) is 0 Å². The lowest BCUT2D eigenvalue weighted by molar-refractivity contribution is -0.120. The first kappa shape index (κ1) is 17.5. The Balaban J connectivity index is 1.70. The topological polar surface area (TPSA) is 98.3 Å². The van der Waals surface area contributed by atoms with E-state index in [1.54, 1.807) is 22.8 Å². The zero-order valence-electron chi connectivity index (χ0n) is 14.4. The van der Waals surface area contributed by atoms with Gasteiger partial charge < -0.3 is 9.73 Å². The van der Waals surface area contributed by atoms with Crippen molar-refractivity contribution in [2.24, 2.45) is 0 Å². The number of para-hydroxylation sites is 2. The zero-order chi connectivity index (χ0) is 18.5. The standard InChI is InChI=1S/C18H20N4O4/c1-2-9-21-14-7-3-4-8-15(14)22(18(21)25)12-16(23)20-17(24)19-11-13-6-5-10-26-13/h3-8,10H,2,9,11-12H2,1H3,(H2,19,20,23,24). The monoisotopic (exact) mass is 356 g/mol. The molecule has 0 spiro atoms. The van der Waals surface area contributed by atoms with Gasteiger partial charge in [-0.3, -0.25) is 19.2 Å². The second-order valence-electron chi connectivity index (χ2n) is 5.82. The summed E-state index contributed by atoms with van der Waals surface area (Å²) in [7, 11) is 0. The summed E-state index contributed by atoms with van der Waals surface area (Å²) in [5, 5.41) is 4.75. The second-order valence-corrected chi connectivity index (χ2v) is 5.82. The minimum Gasteiger partial charge on any atom is -0.467 e. The van der Waals surface area contributed by atoms with Crippen molar-refractivity contribution in [1.82, 2.24) is 19.8 Å². The van der Waals surface area contributed by atoms with Crippen LogP contribution < -0.4 is 16.3 Å². The van der Waals surface area contributed by atoms with Gasteiger partial charge in [0.05, 0.1) is 23.8 Å². The van der Waals surface area contributed by atoms with E-state index in [9.17, 15) is 14.4 Å². The molecule has 0 aliphatic rings. The smallest absolute Gasteiger partial charge is 0.329 e. The number of furan rings is 1. The molecule has 0 atom stereocenters. The predicted molar refractivity (Wildman–Crippen MR) is 95.6 cm³/mol. The molecule has 3 aromatic rings. The van der Waals surface area contributed by atoms with Gasteiger partial charge in [0.2, 0.25) is 5.91 Å². The van der Waals surface area contributed by atoms with Gasteiger partial charge in [0.25, 0.3) is 0 Å². The number of nitrogens with one attached hydrogen (secondary N) is 2. The Morgan fingerprint density at radius 1 is 1.08 bits per heavy atom. The van der Waals surface area contributed by atoms with Crippen LogP contribution >= 0.6 is 0 Å². The Hall–Kier alpha value is -3.29. The van der Waals surface area contributed by atoms with E-state index in [4.69, 9.17) is 4.42 Å². The van der Waals surface area contributed by atoms with Gasteiger partial charge in [-0.05, 0) is 30.7 Å².